The standard InChI is InChI=1S/C20H24N2O3S/c1-14(2)20(23)22-10-9-16-7-8-18(12-17(16)13-22)21-26(24,25)19-6-4-5-15(3)11-19/h4-8,11-12,14,21H,9-10,13H2,1-3H3. The van der Waals surface area contributed by atoms with Crippen molar-refractivity contribution in [1.82, 2.24) is 4.90 Å². The molecule has 0 aliphatic carbocycles. The van der Waals surface area contributed by atoms with Gasteiger partial charge in [-0.2, -0.15) is 0 Å². The van der Waals surface area contributed by atoms with Crippen LogP contribution in [0.3, 0.4) is 0 Å². The van der Waals surface area contributed by atoms with E-state index in [2.05, 4.69) is 4.72 Å². The van der Waals surface area contributed by atoms with Crippen molar-refractivity contribution in [3.05, 3.63) is 59.2 Å². The van der Waals surface area contributed by atoms with Gasteiger partial charge in [-0.25, -0.2) is 8.42 Å². The number of nitrogens with one attached hydrogen (secondary N) is 1. The van der Waals surface area contributed by atoms with Crippen LogP contribution in [0.5, 0.6) is 0 Å². The predicted octanol–water partition coefficient (Wildman–Crippen LogP) is 3.34. The molecule has 0 atom stereocenters. The topological polar surface area (TPSA) is 66.5 Å². The van der Waals surface area contributed by atoms with E-state index in [-0.39, 0.29) is 16.7 Å². The second-order valence-corrected chi connectivity index (χ2v) is 8.75. The number of aryl methyl sites for hydroxylation is 1. The molecule has 0 unspecified atom stereocenters. The Morgan fingerprint density at radius 1 is 1.12 bits per heavy atom. The molecule has 1 aliphatic heterocycles. The number of rotatable bonds is 4. The molecule has 2 aromatic rings. The fourth-order valence-corrected chi connectivity index (χ4v) is 4.32. The Morgan fingerprint density at radius 3 is 2.58 bits per heavy atom. The molecule has 138 valence electrons. The van der Waals surface area contributed by atoms with Gasteiger partial charge in [0.05, 0.1) is 4.90 Å². The number of carbonyl (C=O) groups excluding carboxylic acids is 1. The summed E-state index contributed by atoms with van der Waals surface area (Å²) in [5.41, 5.74) is 3.57. The van der Waals surface area contributed by atoms with Gasteiger partial charge in [-0.1, -0.05) is 32.0 Å². The Labute approximate surface area is 155 Å². The molecule has 0 aromatic heterocycles. The average Bonchev–Trinajstić information content (AvgIpc) is 2.60. The van der Waals surface area contributed by atoms with Gasteiger partial charge in [0.25, 0.3) is 10.0 Å². The Kier molecular flexibility index (Phi) is 5.05. The fourth-order valence-electron chi connectivity index (χ4n) is 3.17. The van der Waals surface area contributed by atoms with Crippen LogP contribution in [0.2, 0.25) is 0 Å². The number of hydrogen-bond acceptors (Lipinski definition) is 3. The minimum Gasteiger partial charge on any atom is -0.338 e. The molecule has 6 heteroatoms. The van der Waals surface area contributed by atoms with Gasteiger partial charge >= 0.3 is 0 Å². The van der Waals surface area contributed by atoms with Gasteiger partial charge in [0.2, 0.25) is 5.91 Å². The van der Waals surface area contributed by atoms with Crippen molar-refractivity contribution in [2.75, 3.05) is 11.3 Å². The number of fused-ring (bicyclic) bond motifs is 1. The summed E-state index contributed by atoms with van der Waals surface area (Å²) in [5, 5.41) is 0. The van der Waals surface area contributed by atoms with Crippen LogP contribution >= 0.6 is 0 Å². The zero-order chi connectivity index (χ0) is 18.9. The van der Waals surface area contributed by atoms with Crippen LogP contribution in [0.15, 0.2) is 47.4 Å². The number of nitrogens with zero attached hydrogens (tertiary/aromatic N) is 1. The number of carbonyl (C=O) groups is 1. The molecule has 0 fully saturated rings. The highest BCUT2D eigenvalue weighted by Gasteiger charge is 2.23. The Balaban J connectivity index is 1.83. The van der Waals surface area contributed by atoms with E-state index in [0.717, 1.165) is 23.1 Å². The van der Waals surface area contributed by atoms with E-state index >= 15 is 0 Å². The molecular weight excluding hydrogens is 348 g/mol. The molecule has 2 aromatic carbocycles. The van der Waals surface area contributed by atoms with Gasteiger partial charge in [0.15, 0.2) is 0 Å². The lowest BCUT2D eigenvalue weighted by Gasteiger charge is -2.30. The van der Waals surface area contributed by atoms with Crippen LogP contribution in [0.1, 0.15) is 30.5 Å². The third-order valence-corrected chi connectivity index (χ3v) is 5.96. The molecular formula is C20H24N2O3S. The largest absolute Gasteiger partial charge is 0.338 e. The smallest absolute Gasteiger partial charge is 0.261 e. The van der Waals surface area contributed by atoms with E-state index in [1.54, 1.807) is 24.3 Å². The number of amides is 1. The fraction of sp³-hybridized carbons (Fsp3) is 0.350. The van der Waals surface area contributed by atoms with E-state index in [1.807, 2.05) is 43.9 Å². The van der Waals surface area contributed by atoms with Crippen LogP contribution in [-0.4, -0.2) is 25.8 Å². The highest BCUT2D eigenvalue weighted by atomic mass is 32.2. The van der Waals surface area contributed by atoms with Crippen molar-refractivity contribution < 1.29 is 13.2 Å². The van der Waals surface area contributed by atoms with Gasteiger partial charge in [-0.05, 0) is 54.3 Å². The Hall–Kier alpha value is -2.34. The molecule has 0 saturated heterocycles. The summed E-state index contributed by atoms with van der Waals surface area (Å²) in [7, 11) is -3.64. The van der Waals surface area contributed by atoms with Gasteiger partial charge < -0.3 is 4.90 Å². The first-order chi connectivity index (χ1) is 12.3. The summed E-state index contributed by atoms with van der Waals surface area (Å²) < 4.78 is 27.9. The maximum Gasteiger partial charge on any atom is 0.261 e. The lowest BCUT2D eigenvalue weighted by atomic mass is 9.98. The normalized spacial score (nSPS) is 14.2. The molecule has 1 N–H and O–H groups in total. The van der Waals surface area contributed by atoms with Crippen molar-refractivity contribution in [3.8, 4) is 0 Å². The molecule has 5 nitrogen and oxygen atoms in total. The molecule has 3 rings (SSSR count). The maximum atomic E-state index is 12.6. The van der Waals surface area contributed by atoms with Crippen molar-refractivity contribution >= 4 is 21.6 Å². The molecule has 1 heterocycles. The summed E-state index contributed by atoms with van der Waals surface area (Å²) in [6.07, 6.45) is 0.790. The van der Waals surface area contributed by atoms with Crippen molar-refractivity contribution in [1.29, 1.82) is 0 Å². The quantitative estimate of drug-likeness (QED) is 0.895. The summed E-state index contributed by atoms with van der Waals surface area (Å²) >= 11 is 0. The molecule has 1 amide bonds. The van der Waals surface area contributed by atoms with Crippen molar-refractivity contribution in [2.45, 2.75) is 38.6 Å². The predicted molar refractivity (Wildman–Crippen MR) is 102 cm³/mol. The average molecular weight is 372 g/mol. The maximum absolute atomic E-state index is 12.6. The first-order valence-electron chi connectivity index (χ1n) is 8.76. The number of anilines is 1. The van der Waals surface area contributed by atoms with Gasteiger partial charge in [0.1, 0.15) is 0 Å². The van der Waals surface area contributed by atoms with Gasteiger partial charge in [-0.3, -0.25) is 9.52 Å². The second kappa shape index (κ2) is 7.11. The van der Waals surface area contributed by atoms with Crippen LogP contribution in [0.25, 0.3) is 0 Å². The summed E-state index contributed by atoms with van der Waals surface area (Å²) in [4.78, 5) is 14.3. The molecule has 0 saturated carbocycles. The van der Waals surface area contributed by atoms with Crippen LogP contribution in [-0.2, 0) is 27.8 Å². The highest BCUT2D eigenvalue weighted by molar-refractivity contribution is 7.92. The van der Waals surface area contributed by atoms with Crippen LogP contribution in [0, 0.1) is 12.8 Å². The summed E-state index contributed by atoms with van der Waals surface area (Å²) in [6, 6.07) is 12.4. The molecule has 0 bridgehead atoms. The van der Waals surface area contributed by atoms with Crippen molar-refractivity contribution in [2.24, 2.45) is 5.92 Å². The van der Waals surface area contributed by atoms with Crippen molar-refractivity contribution in [3.63, 3.8) is 0 Å². The number of hydrogen-bond donors (Lipinski definition) is 1. The van der Waals surface area contributed by atoms with Gasteiger partial charge in [-0.15, -0.1) is 0 Å². The zero-order valence-electron chi connectivity index (χ0n) is 15.3. The number of sulfonamides is 1. The van der Waals surface area contributed by atoms with E-state index in [9.17, 15) is 13.2 Å². The molecule has 0 radical (unpaired) electrons. The highest BCUT2D eigenvalue weighted by Crippen LogP contribution is 2.25. The molecule has 1 aliphatic rings. The van der Waals surface area contributed by atoms with E-state index in [4.69, 9.17) is 0 Å². The number of benzene rings is 2. The lowest BCUT2D eigenvalue weighted by molar-refractivity contribution is -0.135. The first-order valence-corrected chi connectivity index (χ1v) is 10.2. The minimum absolute atomic E-state index is 0.0421. The second-order valence-electron chi connectivity index (χ2n) is 7.07. The zero-order valence-corrected chi connectivity index (χ0v) is 16.1. The first kappa shape index (κ1) is 18.5. The summed E-state index contributed by atoms with van der Waals surface area (Å²) in [5.74, 6) is 0.0842. The Morgan fingerprint density at radius 2 is 1.88 bits per heavy atom. The minimum atomic E-state index is -3.64. The molecule has 26 heavy (non-hydrogen) atoms. The monoisotopic (exact) mass is 372 g/mol. The van der Waals surface area contributed by atoms with Crippen LogP contribution < -0.4 is 4.72 Å². The van der Waals surface area contributed by atoms with Crippen LogP contribution in [0.4, 0.5) is 5.69 Å². The van der Waals surface area contributed by atoms with E-state index in [0.29, 0.717) is 18.8 Å². The van der Waals surface area contributed by atoms with E-state index in [1.165, 1.54) is 0 Å². The lowest BCUT2D eigenvalue weighted by Crippen LogP contribution is -2.38. The summed E-state index contributed by atoms with van der Waals surface area (Å²) in [6.45, 7) is 6.87. The van der Waals surface area contributed by atoms with Gasteiger partial charge in [0, 0.05) is 24.7 Å². The molecule has 0 spiro atoms. The van der Waals surface area contributed by atoms with E-state index < -0.39 is 10.0 Å². The third kappa shape index (κ3) is 3.90. The SMILES string of the molecule is Cc1cccc(S(=O)(=O)Nc2ccc3c(c2)CN(C(=O)C(C)C)CC3)c1. The third-order valence-electron chi connectivity index (χ3n) is 4.58. The Bertz CT molecular complexity index is 936.